The summed E-state index contributed by atoms with van der Waals surface area (Å²) in [5, 5.41) is 0. The fourth-order valence-corrected chi connectivity index (χ4v) is 4.07. The minimum Gasteiger partial charge on any atom is -0.374 e. The Balaban J connectivity index is 4.58. The molecule has 0 aliphatic rings. The molecule has 0 saturated carbocycles. The molecule has 0 aliphatic heterocycles. The van der Waals surface area contributed by atoms with E-state index in [2.05, 4.69) is 0 Å². The molecule has 0 aromatic heterocycles. The van der Waals surface area contributed by atoms with E-state index in [0.29, 0.717) is 25.7 Å². The lowest BCUT2D eigenvalue weighted by molar-refractivity contribution is -0.108. The van der Waals surface area contributed by atoms with Crippen LogP contribution in [0.2, 0.25) is 6.04 Å². The van der Waals surface area contributed by atoms with Gasteiger partial charge in [-0.3, -0.25) is 0 Å². The molecule has 0 aromatic rings. The zero-order chi connectivity index (χ0) is 13.4. The lowest BCUT2D eigenvalue weighted by atomic mass is 10.1. The molecule has 0 fully saturated rings. The lowest BCUT2D eigenvalue weighted by Crippen LogP contribution is -2.50. The van der Waals surface area contributed by atoms with Crippen LogP contribution in [0, 0.1) is 0 Å². The van der Waals surface area contributed by atoms with Gasteiger partial charge in [-0.25, -0.2) is 4.39 Å². The Bertz CT molecular complexity index is 194. The van der Waals surface area contributed by atoms with Crippen LogP contribution in [-0.4, -0.2) is 27.9 Å². The van der Waals surface area contributed by atoms with Gasteiger partial charge in [0.05, 0.1) is 0 Å². The van der Waals surface area contributed by atoms with E-state index >= 15 is 0 Å². The smallest absolute Gasteiger partial charge is 0.374 e. The number of unbranched alkanes of at least 4 members (excludes halogenated alkanes) is 1. The van der Waals surface area contributed by atoms with Crippen molar-refractivity contribution in [3.05, 3.63) is 0 Å². The molecule has 17 heavy (non-hydrogen) atoms. The Kier molecular flexibility index (Phi) is 8.20. The van der Waals surface area contributed by atoms with Crippen LogP contribution >= 0.6 is 0 Å². The highest BCUT2D eigenvalue weighted by atomic mass is 28.4. The molecule has 104 valence electrons. The van der Waals surface area contributed by atoms with Gasteiger partial charge in [0.25, 0.3) is 0 Å². The molecule has 3 nitrogen and oxygen atoms in total. The van der Waals surface area contributed by atoms with Gasteiger partial charge in [-0.1, -0.05) is 20.3 Å². The van der Waals surface area contributed by atoms with Crippen LogP contribution in [0.4, 0.5) is 4.39 Å². The summed E-state index contributed by atoms with van der Waals surface area (Å²) < 4.78 is 31.0. The van der Waals surface area contributed by atoms with Gasteiger partial charge in [-0.2, -0.15) is 0 Å². The van der Waals surface area contributed by atoms with Gasteiger partial charge < -0.3 is 13.3 Å². The molecule has 0 spiro atoms. The minimum absolute atomic E-state index is 0.387. The lowest BCUT2D eigenvalue weighted by Gasteiger charge is -2.34. The van der Waals surface area contributed by atoms with Gasteiger partial charge in [0, 0.05) is 25.7 Å². The second-order valence-corrected chi connectivity index (χ2v) is 7.06. The largest absolute Gasteiger partial charge is 0.503 e. The highest BCUT2D eigenvalue weighted by Gasteiger charge is 2.45. The first kappa shape index (κ1) is 17.0. The third-order valence-electron chi connectivity index (χ3n) is 2.51. The normalized spacial score (nSPS) is 15.9. The molecule has 0 aliphatic carbocycles. The van der Waals surface area contributed by atoms with E-state index in [0.717, 1.165) is 12.8 Å². The van der Waals surface area contributed by atoms with E-state index in [-0.39, 0.29) is 0 Å². The number of alkyl halides is 1. The summed E-state index contributed by atoms with van der Waals surface area (Å²) in [4.78, 5) is 0. The third kappa shape index (κ3) is 6.50. The Labute approximate surface area is 106 Å². The summed E-state index contributed by atoms with van der Waals surface area (Å²) in [7, 11) is -2.83. The number of hydrogen-bond donors (Lipinski definition) is 0. The van der Waals surface area contributed by atoms with E-state index in [1.807, 2.05) is 27.7 Å². The Morgan fingerprint density at radius 1 is 1.06 bits per heavy atom. The van der Waals surface area contributed by atoms with Crippen molar-refractivity contribution in [3.8, 4) is 0 Å². The maximum absolute atomic E-state index is 14.3. The third-order valence-corrected chi connectivity index (χ3v) is 5.57. The van der Waals surface area contributed by atoms with Gasteiger partial charge in [-0.15, -0.1) is 0 Å². The molecule has 0 heterocycles. The topological polar surface area (TPSA) is 27.7 Å². The molecule has 0 bridgehead atoms. The van der Waals surface area contributed by atoms with Crippen molar-refractivity contribution in [3.63, 3.8) is 0 Å². The molecule has 0 saturated heterocycles. The summed E-state index contributed by atoms with van der Waals surface area (Å²) in [6, 6.07) is 0.598. The second-order valence-electron chi connectivity index (χ2n) is 4.21. The van der Waals surface area contributed by atoms with Crippen molar-refractivity contribution in [2.24, 2.45) is 0 Å². The van der Waals surface area contributed by atoms with Gasteiger partial charge in [0.1, 0.15) is 0 Å². The van der Waals surface area contributed by atoms with Crippen molar-refractivity contribution in [1.29, 1.82) is 0 Å². The highest BCUT2D eigenvalue weighted by Crippen LogP contribution is 2.28. The average molecular weight is 266 g/mol. The van der Waals surface area contributed by atoms with Crippen LogP contribution in [-0.2, 0) is 13.3 Å². The van der Waals surface area contributed by atoms with Gasteiger partial charge in [-0.05, 0) is 27.2 Å². The molecule has 0 amide bonds. The second kappa shape index (κ2) is 8.19. The predicted octanol–water partition coefficient (Wildman–Crippen LogP) is 3.91. The van der Waals surface area contributed by atoms with Crippen molar-refractivity contribution >= 4 is 8.80 Å². The van der Waals surface area contributed by atoms with E-state index in [9.17, 15) is 4.39 Å². The van der Waals surface area contributed by atoms with Gasteiger partial charge >= 0.3 is 8.80 Å². The highest BCUT2D eigenvalue weighted by molar-refractivity contribution is 6.60. The van der Waals surface area contributed by atoms with Crippen LogP contribution in [0.25, 0.3) is 0 Å². The van der Waals surface area contributed by atoms with Crippen molar-refractivity contribution in [2.45, 2.75) is 65.8 Å². The molecule has 0 radical (unpaired) electrons. The first-order chi connectivity index (χ1) is 7.95. The number of hydrogen-bond acceptors (Lipinski definition) is 3. The zero-order valence-corrected chi connectivity index (χ0v) is 12.8. The Hall–Kier alpha value is 0.0269. The van der Waals surface area contributed by atoms with Gasteiger partial charge in [0.2, 0.25) is 5.85 Å². The summed E-state index contributed by atoms with van der Waals surface area (Å²) in [6.45, 7) is 10.2. The molecule has 5 heteroatoms. The van der Waals surface area contributed by atoms with E-state index in [4.69, 9.17) is 13.3 Å². The zero-order valence-electron chi connectivity index (χ0n) is 11.8. The molecule has 1 atom stereocenters. The molecular weight excluding hydrogens is 239 g/mol. The van der Waals surface area contributed by atoms with Crippen LogP contribution in [0.15, 0.2) is 0 Å². The molecule has 0 N–H and O–H groups in total. The van der Waals surface area contributed by atoms with E-state index in [1.54, 1.807) is 0 Å². The first-order valence-electron chi connectivity index (χ1n) is 6.62. The quantitative estimate of drug-likeness (QED) is 0.561. The Morgan fingerprint density at radius 2 is 1.59 bits per heavy atom. The molecule has 0 rings (SSSR count). The van der Waals surface area contributed by atoms with Crippen LogP contribution < -0.4 is 0 Å². The number of rotatable bonds is 10. The van der Waals surface area contributed by atoms with Crippen LogP contribution in [0.3, 0.4) is 0 Å². The van der Waals surface area contributed by atoms with Crippen molar-refractivity contribution in [1.82, 2.24) is 0 Å². The van der Waals surface area contributed by atoms with Crippen LogP contribution in [0.1, 0.15) is 53.9 Å². The van der Waals surface area contributed by atoms with Crippen molar-refractivity contribution < 1.29 is 17.7 Å². The Morgan fingerprint density at radius 3 is 1.94 bits per heavy atom. The van der Waals surface area contributed by atoms with Crippen LogP contribution in [0.5, 0.6) is 0 Å². The fraction of sp³-hybridized carbons (Fsp3) is 1.00. The maximum atomic E-state index is 14.3. The summed E-state index contributed by atoms with van der Waals surface area (Å²) >= 11 is 0. The number of halogens is 1. The first-order valence-corrected chi connectivity index (χ1v) is 8.55. The summed E-state index contributed by atoms with van der Waals surface area (Å²) in [5.74, 6) is -1.65. The maximum Gasteiger partial charge on any atom is 0.503 e. The fourth-order valence-electron chi connectivity index (χ4n) is 1.68. The molecule has 0 aromatic carbocycles. The van der Waals surface area contributed by atoms with Crippen molar-refractivity contribution in [2.75, 3.05) is 13.2 Å². The molecular formula is C12H27FO3Si. The SMILES string of the molecule is CCCCC(C)(F)O[Si](CC)(OCC)OCC. The summed E-state index contributed by atoms with van der Waals surface area (Å²) in [5.41, 5.74) is 0. The predicted molar refractivity (Wildman–Crippen MR) is 69.6 cm³/mol. The summed E-state index contributed by atoms with van der Waals surface area (Å²) in [6.07, 6.45) is 2.14. The standard InChI is InChI=1S/C12H27FO3Si/c1-6-10-11-12(5,13)16-17(9-4,14-7-2)15-8-3/h6-11H2,1-5H3. The van der Waals surface area contributed by atoms with Gasteiger partial charge in [0.15, 0.2) is 0 Å². The monoisotopic (exact) mass is 266 g/mol. The molecule has 1 unspecified atom stereocenters. The van der Waals surface area contributed by atoms with E-state index in [1.165, 1.54) is 6.92 Å². The minimum atomic E-state index is -2.83. The van der Waals surface area contributed by atoms with E-state index < -0.39 is 14.7 Å². The average Bonchev–Trinajstić information content (AvgIpc) is 2.26.